The van der Waals surface area contributed by atoms with E-state index in [2.05, 4.69) is 16.5 Å². The molecule has 1 aliphatic heterocycles. The van der Waals surface area contributed by atoms with Crippen LogP contribution in [0.25, 0.3) is 10.6 Å². The fourth-order valence-electron chi connectivity index (χ4n) is 2.31. The van der Waals surface area contributed by atoms with E-state index >= 15 is 0 Å². The van der Waals surface area contributed by atoms with Crippen molar-refractivity contribution in [2.45, 2.75) is 19.5 Å². The first-order chi connectivity index (χ1) is 8.75. The molecule has 5 nitrogen and oxygen atoms in total. The number of nitrogens with two attached hydrogens (primary N) is 1. The van der Waals surface area contributed by atoms with Crippen LogP contribution < -0.4 is 11.1 Å². The van der Waals surface area contributed by atoms with Gasteiger partial charge in [-0.2, -0.15) is 5.10 Å². The fourth-order valence-corrected chi connectivity index (χ4v) is 3.05. The lowest BCUT2D eigenvalue weighted by Crippen LogP contribution is -2.27. The highest BCUT2D eigenvalue weighted by Crippen LogP contribution is 2.30. The lowest BCUT2D eigenvalue weighted by molar-refractivity contribution is -0.118. The zero-order chi connectivity index (χ0) is 12.5. The summed E-state index contributed by atoms with van der Waals surface area (Å²) in [6.07, 6.45) is 0.890. The van der Waals surface area contributed by atoms with Gasteiger partial charge in [0, 0.05) is 30.8 Å². The quantitative estimate of drug-likeness (QED) is 0.857. The van der Waals surface area contributed by atoms with E-state index in [1.165, 1.54) is 5.56 Å². The highest BCUT2D eigenvalue weighted by Gasteiger charge is 2.22. The molecule has 0 aliphatic carbocycles. The van der Waals surface area contributed by atoms with Crippen LogP contribution in [0.4, 0.5) is 0 Å². The van der Waals surface area contributed by atoms with Crippen LogP contribution in [0.1, 0.15) is 11.3 Å². The predicted molar refractivity (Wildman–Crippen MR) is 70.1 cm³/mol. The third kappa shape index (κ3) is 1.93. The largest absolute Gasteiger partial charge is 0.368 e. The Labute approximate surface area is 109 Å². The van der Waals surface area contributed by atoms with Crippen LogP contribution in [0, 0.1) is 0 Å². The molecule has 0 spiro atoms. The van der Waals surface area contributed by atoms with Crippen LogP contribution >= 0.6 is 11.3 Å². The molecule has 2 aromatic rings. The van der Waals surface area contributed by atoms with Crippen molar-refractivity contribution in [2.75, 3.05) is 6.54 Å². The van der Waals surface area contributed by atoms with Gasteiger partial charge in [-0.15, -0.1) is 11.3 Å². The van der Waals surface area contributed by atoms with E-state index in [4.69, 9.17) is 5.73 Å². The molecule has 0 unspecified atom stereocenters. The summed E-state index contributed by atoms with van der Waals surface area (Å²) in [5, 5.41) is 9.94. The van der Waals surface area contributed by atoms with E-state index in [0.717, 1.165) is 35.8 Å². The number of fused-ring (bicyclic) bond motifs is 1. The maximum absolute atomic E-state index is 11.1. The van der Waals surface area contributed by atoms with Gasteiger partial charge in [-0.3, -0.25) is 9.48 Å². The van der Waals surface area contributed by atoms with Gasteiger partial charge in [-0.05, 0) is 11.4 Å². The van der Waals surface area contributed by atoms with E-state index in [1.807, 2.05) is 11.4 Å². The first-order valence-corrected chi connectivity index (χ1v) is 6.75. The molecule has 1 aliphatic rings. The number of rotatable bonds is 3. The zero-order valence-electron chi connectivity index (χ0n) is 9.85. The molecule has 0 bridgehead atoms. The molecular formula is C12H14N4OS. The molecular weight excluding hydrogens is 248 g/mol. The van der Waals surface area contributed by atoms with Crippen molar-refractivity contribution < 1.29 is 4.79 Å². The average Bonchev–Trinajstić information content (AvgIpc) is 2.96. The second-order valence-corrected chi connectivity index (χ2v) is 5.25. The molecule has 0 aromatic carbocycles. The number of nitrogens with one attached hydrogen (secondary N) is 1. The minimum atomic E-state index is -0.350. The van der Waals surface area contributed by atoms with Crippen LogP contribution in [-0.4, -0.2) is 22.2 Å². The Hall–Kier alpha value is -1.66. The Morgan fingerprint density at radius 2 is 2.50 bits per heavy atom. The Kier molecular flexibility index (Phi) is 2.89. The molecule has 3 heterocycles. The molecule has 6 heteroatoms. The SMILES string of the molecule is NC(=O)Cn1nc(-c2cccs2)c2c1CCNC2. The van der Waals surface area contributed by atoms with Crippen LogP contribution in [0.5, 0.6) is 0 Å². The number of carbonyl (C=O) groups is 1. The lowest BCUT2D eigenvalue weighted by Gasteiger charge is -2.14. The normalized spacial score (nSPS) is 14.4. The molecule has 3 N–H and O–H groups in total. The number of nitrogens with zero attached hydrogens (tertiary/aromatic N) is 2. The Morgan fingerprint density at radius 1 is 1.61 bits per heavy atom. The number of primary amides is 1. The van der Waals surface area contributed by atoms with Gasteiger partial charge in [0.15, 0.2) is 0 Å². The van der Waals surface area contributed by atoms with Gasteiger partial charge in [0.25, 0.3) is 0 Å². The summed E-state index contributed by atoms with van der Waals surface area (Å²) in [5.41, 5.74) is 8.59. The number of carbonyl (C=O) groups excluding carboxylic acids is 1. The predicted octanol–water partition coefficient (Wildman–Crippen LogP) is 0.743. The van der Waals surface area contributed by atoms with Crippen molar-refractivity contribution in [3.8, 4) is 10.6 Å². The Morgan fingerprint density at radius 3 is 3.22 bits per heavy atom. The minimum Gasteiger partial charge on any atom is -0.368 e. The van der Waals surface area contributed by atoms with Crippen molar-refractivity contribution in [2.24, 2.45) is 5.73 Å². The average molecular weight is 262 g/mol. The van der Waals surface area contributed by atoms with Crippen molar-refractivity contribution in [3.63, 3.8) is 0 Å². The van der Waals surface area contributed by atoms with E-state index in [-0.39, 0.29) is 12.5 Å². The highest BCUT2D eigenvalue weighted by molar-refractivity contribution is 7.13. The summed E-state index contributed by atoms with van der Waals surface area (Å²) in [4.78, 5) is 12.2. The van der Waals surface area contributed by atoms with Crippen molar-refractivity contribution in [1.29, 1.82) is 0 Å². The zero-order valence-corrected chi connectivity index (χ0v) is 10.7. The topological polar surface area (TPSA) is 72.9 Å². The Bertz CT molecular complexity index is 573. The van der Waals surface area contributed by atoms with Crippen LogP contribution in [0.2, 0.25) is 0 Å². The van der Waals surface area contributed by atoms with Crippen molar-refractivity contribution >= 4 is 17.2 Å². The standard InChI is InChI=1S/C12H14N4OS/c13-11(17)7-16-9-3-4-14-6-8(9)12(15-16)10-2-1-5-18-10/h1-2,5,14H,3-4,6-7H2,(H2,13,17). The summed E-state index contributed by atoms with van der Waals surface area (Å²) in [6, 6.07) is 4.06. The van der Waals surface area contributed by atoms with Gasteiger partial charge in [0.05, 0.1) is 4.88 Å². The molecule has 0 atom stereocenters. The third-order valence-corrected chi connectivity index (χ3v) is 3.94. The number of thiophene rings is 1. The van der Waals surface area contributed by atoms with Gasteiger partial charge in [-0.25, -0.2) is 0 Å². The number of hydrogen-bond donors (Lipinski definition) is 2. The summed E-state index contributed by atoms with van der Waals surface area (Å²) >= 11 is 1.66. The van der Waals surface area contributed by atoms with Crippen LogP contribution in [0.3, 0.4) is 0 Å². The molecule has 2 aromatic heterocycles. The fraction of sp³-hybridized carbons (Fsp3) is 0.333. The summed E-state index contributed by atoms with van der Waals surface area (Å²) < 4.78 is 1.76. The Balaban J connectivity index is 2.09. The first-order valence-electron chi connectivity index (χ1n) is 5.87. The smallest absolute Gasteiger partial charge is 0.239 e. The molecule has 1 amide bonds. The molecule has 0 saturated carbocycles. The van der Waals surface area contributed by atoms with Gasteiger partial charge < -0.3 is 11.1 Å². The van der Waals surface area contributed by atoms with Crippen LogP contribution in [0.15, 0.2) is 17.5 Å². The van der Waals surface area contributed by atoms with E-state index < -0.39 is 0 Å². The summed E-state index contributed by atoms with van der Waals surface area (Å²) in [7, 11) is 0. The molecule has 0 saturated heterocycles. The van der Waals surface area contributed by atoms with Crippen LogP contribution in [-0.2, 0) is 24.3 Å². The lowest BCUT2D eigenvalue weighted by atomic mass is 10.1. The monoisotopic (exact) mass is 262 g/mol. The molecule has 94 valence electrons. The van der Waals surface area contributed by atoms with Gasteiger partial charge >= 0.3 is 0 Å². The first kappa shape index (κ1) is 11.4. The van der Waals surface area contributed by atoms with Gasteiger partial charge in [-0.1, -0.05) is 6.07 Å². The summed E-state index contributed by atoms with van der Waals surface area (Å²) in [5.74, 6) is -0.350. The minimum absolute atomic E-state index is 0.160. The molecule has 0 fully saturated rings. The summed E-state index contributed by atoms with van der Waals surface area (Å²) in [6.45, 7) is 1.89. The molecule has 0 radical (unpaired) electrons. The maximum atomic E-state index is 11.1. The molecule has 18 heavy (non-hydrogen) atoms. The van der Waals surface area contributed by atoms with Crippen molar-refractivity contribution in [3.05, 3.63) is 28.8 Å². The maximum Gasteiger partial charge on any atom is 0.239 e. The van der Waals surface area contributed by atoms with Crippen molar-refractivity contribution in [1.82, 2.24) is 15.1 Å². The van der Waals surface area contributed by atoms with E-state index in [0.29, 0.717) is 0 Å². The number of amides is 1. The number of hydrogen-bond acceptors (Lipinski definition) is 4. The van der Waals surface area contributed by atoms with Gasteiger partial charge in [0.1, 0.15) is 12.2 Å². The second kappa shape index (κ2) is 4.55. The third-order valence-electron chi connectivity index (χ3n) is 3.07. The van der Waals surface area contributed by atoms with Gasteiger partial charge in [0.2, 0.25) is 5.91 Å². The second-order valence-electron chi connectivity index (χ2n) is 4.30. The number of aromatic nitrogens is 2. The van der Waals surface area contributed by atoms with E-state index in [1.54, 1.807) is 16.0 Å². The van der Waals surface area contributed by atoms with E-state index in [9.17, 15) is 4.79 Å². The highest BCUT2D eigenvalue weighted by atomic mass is 32.1. The molecule has 3 rings (SSSR count).